The van der Waals surface area contributed by atoms with Gasteiger partial charge < -0.3 is 5.32 Å². The minimum Gasteiger partial charge on any atom is -0.321 e. The highest BCUT2D eigenvalue weighted by molar-refractivity contribution is 9.10. The van der Waals surface area contributed by atoms with Gasteiger partial charge in [0.05, 0.1) is 10.6 Å². The van der Waals surface area contributed by atoms with Gasteiger partial charge in [0.2, 0.25) is 0 Å². The monoisotopic (exact) mass is 388 g/mol. The van der Waals surface area contributed by atoms with Gasteiger partial charge in [-0.05, 0) is 46.3 Å². The van der Waals surface area contributed by atoms with Crippen molar-refractivity contribution in [2.45, 2.75) is 0 Å². The molecular weight excluding hydrogens is 383 g/mol. The molecule has 0 bridgehead atoms. The molecule has 0 aliphatic carbocycles. The predicted molar refractivity (Wildman–Crippen MR) is 85.2 cm³/mol. The lowest BCUT2D eigenvalue weighted by Gasteiger charge is -2.08. The number of nitrogens with one attached hydrogen (secondary N) is 1. The molecule has 0 aliphatic heterocycles. The Bertz CT molecular complexity index is 737. The van der Waals surface area contributed by atoms with Crippen molar-refractivity contribution in [3.8, 4) is 0 Å². The summed E-state index contributed by atoms with van der Waals surface area (Å²) in [7, 11) is 0. The number of benzene rings is 2. The van der Waals surface area contributed by atoms with Crippen LogP contribution in [0, 0.1) is 10.1 Å². The summed E-state index contributed by atoms with van der Waals surface area (Å²) in [5, 5.41) is 14.3. The molecule has 8 heteroatoms. The first-order valence-corrected chi connectivity index (χ1v) is 7.13. The molecule has 0 unspecified atom stereocenters. The highest BCUT2D eigenvalue weighted by atomic mass is 79.9. The van der Waals surface area contributed by atoms with Crippen LogP contribution in [-0.2, 0) is 0 Å². The number of halogens is 3. The Morgan fingerprint density at radius 2 is 1.76 bits per heavy atom. The first-order chi connectivity index (χ1) is 9.88. The molecule has 0 aromatic heterocycles. The molecule has 0 saturated heterocycles. The largest absolute Gasteiger partial charge is 0.321 e. The van der Waals surface area contributed by atoms with Crippen LogP contribution in [0.15, 0.2) is 40.9 Å². The molecule has 0 radical (unpaired) electrons. The molecule has 0 fully saturated rings. The lowest BCUT2D eigenvalue weighted by Crippen LogP contribution is -2.14. The number of anilines is 1. The average molecular weight is 390 g/mol. The number of hydrogen-bond donors (Lipinski definition) is 1. The molecule has 0 aliphatic rings. The van der Waals surface area contributed by atoms with Crippen molar-refractivity contribution in [2.75, 3.05) is 5.32 Å². The maximum atomic E-state index is 12.2. The molecule has 21 heavy (non-hydrogen) atoms. The number of nitrogens with zero attached hydrogens (tertiary/aromatic N) is 1. The van der Waals surface area contributed by atoms with E-state index in [0.29, 0.717) is 15.2 Å². The maximum absolute atomic E-state index is 12.2. The number of hydrogen-bond acceptors (Lipinski definition) is 3. The highest BCUT2D eigenvalue weighted by Gasteiger charge is 2.21. The summed E-state index contributed by atoms with van der Waals surface area (Å²) in [5.41, 5.74) is 0.00927. The van der Waals surface area contributed by atoms with Crippen molar-refractivity contribution < 1.29 is 9.72 Å². The minimum atomic E-state index is -0.637. The van der Waals surface area contributed by atoms with E-state index in [1.807, 2.05) is 0 Å². The van der Waals surface area contributed by atoms with E-state index in [-0.39, 0.29) is 16.3 Å². The van der Waals surface area contributed by atoms with Crippen LogP contribution < -0.4 is 5.32 Å². The van der Waals surface area contributed by atoms with Crippen LogP contribution in [0.2, 0.25) is 10.0 Å². The quantitative estimate of drug-likeness (QED) is 0.598. The Morgan fingerprint density at radius 3 is 2.38 bits per heavy atom. The van der Waals surface area contributed by atoms with Crippen LogP contribution in [0.25, 0.3) is 0 Å². The van der Waals surface area contributed by atoms with Crippen LogP contribution in [-0.4, -0.2) is 10.8 Å². The zero-order valence-corrected chi connectivity index (χ0v) is 13.4. The van der Waals surface area contributed by atoms with Crippen molar-refractivity contribution in [3.63, 3.8) is 0 Å². The third-order valence-corrected chi connectivity index (χ3v) is 3.71. The second kappa shape index (κ2) is 6.43. The zero-order valence-electron chi connectivity index (χ0n) is 10.3. The van der Waals surface area contributed by atoms with Crippen molar-refractivity contribution in [1.29, 1.82) is 0 Å². The van der Waals surface area contributed by atoms with Crippen LogP contribution in [0.5, 0.6) is 0 Å². The zero-order chi connectivity index (χ0) is 15.6. The van der Waals surface area contributed by atoms with E-state index in [9.17, 15) is 14.9 Å². The third kappa shape index (κ3) is 3.72. The van der Waals surface area contributed by atoms with E-state index in [2.05, 4.69) is 21.2 Å². The normalized spacial score (nSPS) is 10.2. The molecule has 1 amide bonds. The molecule has 2 aromatic rings. The van der Waals surface area contributed by atoms with E-state index in [1.54, 1.807) is 18.2 Å². The van der Waals surface area contributed by atoms with Gasteiger partial charge in [-0.3, -0.25) is 14.9 Å². The Labute approximate surface area is 138 Å². The molecule has 0 spiro atoms. The van der Waals surface area contributed by atoms with Crippen molar-refractivity contribution >= 4 is 56.4 Å². The van der Waals surface area contributed by atoms with Crippen molar-refractivity contribution in [1.82, 2.24) is 0 Å². The predicted octanol–water partition coefficient (Wildman–Crippen LogP) is 4.92. The van der Waals surface area contributed by atoms with Gasteiger partial charge in [-0.2, -0.15) is 0 Å². The average Bonchev–Trinajstić information content (AvgIpc) is 2.41. The molecule has 2 rings (SSSR count). The van der Waals surface area contributed by atoms with Gasteiger partial charge in [0.1, 0.15) is 5.56 Å². The number of nitro groups is 1. The molecule has 0 saturated carbocycles. The van der Waals surface area contributed by atoms with Gasteiger partial charge in [-0.15, -0.1) is 0 Å². The number of nitro benzene ring substituents is 1. The Kier molecular flexibility index (Phi) is 4.82. The molecular formula is C13H7BrCl2N2O3. The van der Waals surface area contributed by atoms with Crippen molar-refractivity contribution in [2.24, 2.45) is 0 Å². The van der Waals surface area contributed by atoms with E-state index in [1.165, 1.54) is 18.2 Å². The van der Waals surface area contributed by atoms with Crippen molar-refractivity contribution in [3.05, 3.63) is 66.6 Å². The Morgan fingerprint density at radius 1 is 1.14 bits per heavy atom. The molecule has 2 aromatic carbocycles. The van der Waals surface area contributed by atoms with Gasteiger partial charge in [-0.25, -0.2) is 0 Å². The number of carbonyl (C=O) groups excluding carboxylic acids is 1. The second-order valence-corrected chi connectivity index (χ2v) is 5.72. The number of rotatable bonds is 3. The smallest absolute Gasteiger partial charge is 0.282 e. The van der Waals surface area contributed by atoms with Crippen LogP contribution in [0.4, 0.5) is 11.4 Å². The number of amides is 1. The van der Waals surface area contributed by atoms with Gasteiger partial charge in [-0.1, -0.05) is 23.2 Å². The lowest BCUT2D eigenvalue weighted by molar-refractivity contribution is -0.385. The molecule has 1 N–H and O–H groups in total. The van der Waals surface area contributed by atoms with Gasteiger partial charge >= 0.3 is 0 Å². The standard InChI is InChI=1S/C13H7BrCl2N2O3/c14-10-6-8(16)1-3-11(10)17-13(19)9-5-7(15)2-4-12(9)18(20)21/h1-6H,(H,17,19). The van der Waals surface area contributed by atoms with E-state index < -0.39 is 10.8 Å². The summed E-state index contributed by atoms with van der Waals surface area (Å²) in [6, 6.07) is 8.57. The molecule has 108 valence electrons. The fourth-order valence-electron chi connectivity index (χ4n) is 1.63. The van der Waals surface area contributed by atoms with Gasteiger partial charge in [0, 0.05) is 20.6 Å². The van der Waals surface area contributed by atoms with Crippen LogP contribution in [0.3, 0.4) is 0 Å². The second-order valence-electron chi connectivity index (χ2n) is 4.00. The lowest BCUT2D eigenvalue weighted by atomic mass is 10.1. The fraction of sp³-hybridized carbons (Fsp3) is 0. The first kappa shape index (κ1) is 15.8. The summed E-state index contributed by atoms with van der Waals surface area (Å²) in [4.78, 5) is 22.5. The topological polar surface area (TPSA) is 72.2 Å². The summed E-state index contributed by atoms with van der Waals surface area (Å²) < 4.78 is 0.563. The molecule has 5 nitrogen and oxygen atoms in total. The Balaban J connectivity index is 2.36. The maximum Gasteiger partial charge on any atom is 0.282 e. The van der Waals surface area contributed by atoms with Crippen LogP contribution in [0.1, 0.15) is 10.4 Å². The van der Waals surface area contributed by atoms with E-state index >= 15 is 0 Å². The summed E-state index contributed by atoms with van der Waals surface area (Å²) >= 11 is 14.9. The van der Waals surface area contributed by atoms with Crippen LogP contribution >= 0.6 is 39.1 Å². The summed E-state index contributed by atoms with van der Waals surface area (Å²) in [6.07, 6.45) is 0. The van der Waals surface area contributed by atoms with E-state index in [0.717, 1.165) is 0 Å². The summed E-state index contributed by atoms with van der Waals surface area (Å²) in [6.45, 7) is 0. The SMILES string of the molecule is O=C(Nc1ccc(Cl)cc1Br)c1cc(Cl)ccc1[N+](=O)[O-]. The molecule has 0 atom stereocenters. The Hall–Kier alpha value is -1.63. The number of carbonyl (C=O) groups is 1. The van der Waals surface area contributed by atoms with Gasteiger partial charge in [0.25, 0.3) is 11.6 Å². The highest BCUT2D eigenvalue weighted by Crippen LogP contribution is 2.28. The summed E-state index contributed by atoms with van der Waals surface area (Å²) in [5.74, 6) is -0.632. The van der Waals surface area contributed by atoms with Gasteiger partial charge in [0.15, 0.2) is 0 Å². The molecule has 0 heterocycles. The minimum absolute atomic E-state index is 0.116. The first-order valence-electron chi connectivity index (χ1n) is 5.59. The fourth-order valence-corrected chi connectivity index (χ4v) is 2.58. The van der Waals surface area contributed by atoms with E-state index in [4.69, 9.17) is 23.2 Å². The third-order valence-electron chi connectivity index (χ3n) is 2.58.